The van der Waals surface area contributed by atoms with Crippen LogP contribution in [0.2, 0.25) is 5.02 Å². The molecular weight excluding hydrogens is 408 g/mol. The highest BCUT2D eigenvalue weighted by atomic mass is 35.5. The van der Waals surface area contributed by atoms with Gasteiger partial charge in [0.1, 0.15) is 11.6 Å². The third-order valence-electron chi connectivity index (χ3n) is 4.56. The van der Waals surface area contributed by atoms with Gasteiger partial charge in [0.25, 0.3) is 0 Å². The van der Waals surface area contributed by atoms with E-state index in [4.69, 9.17) is 16.3 Å². The second kappa shape index (κ2) is 8.68. The predicted octanol–water partition coefficient (Wildman–Crippen LogP) is 3.57. The number of rotatable bonds is 6. The predicted molar refractivity (Wildman–Crippen MR) is 106 cm³/mol. The molecule has 2 heterocycles. The van der Waals surface area contributed by atoms with Crippen molar-refractivity contribution in [1.29, 1.82) is 0 Å². The van der Waals surface area contributed by atoms with E-state index in [0.29, 0.717) is 36.6 Å². The molecule has 0 bridgehead atoms. The molecule has 1 saturated heterocycles. The number of thiazole rings is 1. The Balaban J connectivity index is 1.53. The number of hydrogen-bond acceptors (Lipinski definition) is 6. The molecule has 9 heteroatoms. The second-order valence-electron chi connectivity index (χ2n) is 6.31. The van der Waals surface area contributed by atoms with Gasteiger partial charge in [0.05, 0.1) is 22.4 Å². The number of hydrogen-bond donors (Lipinski definition) is 0. The lowest BCUT2D eigenvalue weighted by atomic mass is 9.98. The number of benzene rings is 1. The summed E-state index contributed by atoms with van der Waals surface area (Å²) >= 11 is 7.64. The van der Waals surface area contributed by atoms with Crippen LogP contribution < -0.4 is 0 Å². The van der Waals surface area contributed by atoms with Gasteiger partial charge >= 0.3 is 5.97 Å². The Morgan fingerprint density at radius 1 is 1.33 bits per heavy atom. The van der Waals surface area contributed by atoms with Crippen molar-refractivity contribution < 1.29 is 17.9 Å². The van der Waals surface area contributed by atoms with Gasteiger partial charge in [0.2, 0.25) is 10.0 Å². The van der Waals surface area contributed by atoms with Gasteiger partial charge in [-0.25, -0.2) is 17.7 Å². The largest absolute Gasteiger partial charge is 0.459 e. The normalized spacial score (nSPS) is 16.4. The molecule has 1 aromatic carbocycles. The van der Waals surface area contributed by atoms with Crippen LogP contribution in [0.1, 0.15) is 25.5 Å². The van der Waals surface area contributed by atoms with Crippen molar-refractivity contribution in [2.24, 2.45) is 5.92 Å². The molecule has 0 radical (unpaired) electrons. The fourth-order valence-corrected chi connectivity index (χ4v) is 5.20. The summed E-state index contributed by atoms with van der Waals surface area (Å²) in [6.07, 6.45) is 0.972. The van der Waals surface area contributed by atoms with Gasteiger partial charge < -0.3 is 4.74 Å². The van der Waals surface area contributed by atoms with Crippen molar-refractivity contribution in [3.8, 4) is 10.6 Å². The van der Waals surface area contributed by atoms with Gasteiger partial charge in [-0.1, -0.05) is 29.8 Å². The molecular formula is C18H21ClN2O4S2. The average molecular weight is 429 g/mol. The molecule has 0 unspecified atom stereocenters. The summed E-state index contributed by atoms with van der Waals surface area (Å²) in [7, 11) is -3.19. The molecule has 146 valence electrons. The lowest BCUT2D eigenvalue weighted by Crippen LogP contribution is -2.41. The van der Waals surface area contributed by atoms with Gasteiger partial charge in [-0.05, 0) is 25.8 Å². The van der Waals surface area contributed by atoms with Crippen LogP contribution in [-0.2, 0) is 26.2 Å². The average Bonchev–Trinajstić information content (AvgIpc) is 3.15. The van der Waals surface area contributed by atoms with Crippen molar-refractivity contribution in [2.45, 2.75) is 26.4 Å². The quantitative estimate of drug-likeness (QED) is 0.657. The minimum Gasteiger partial charge on any atom is -0.459 e. The molecule has 0 aliphatic carbocycles. The van der Waals surface area contributed by atoms with Crippen LogP contribution in [0.4, 0.5) is 0 Å². The first-order valence-electron chi connectivity index (χ1n) is 8.74. The third-order valence-corrected chi connectivity index (χ3v) is 7.70. The molecule has 1 aliphatic heterocycles. The van der Waals surface area contributed by atoms with E-state index >= 15 is 0 Å². The summed E-state index contributed by atoms with van der Waals surface area (Å²) in [6, 6.07) is 7.46. The summed E-state index contributed by atoms with van der Waals surface area (Å²) in [4.78, 5) is 16.8. The Hall–Kier alpha value is -1.48. The number of carbonyl (C=O) groups excluding carboxylic acids is 1. The van der Waals surface area contributed by atoms with E-state index in [-0.39, 0.29) is 24.2 Å². The van der Waals surface area contributed by atoms with Crippen LogP contribution in [0.25, 0.3) is 10.6 Å². The van der Waals surface area contributed by atoms with E-state index in [0.717, 1.165) is 10.6 Å². The zero-order valence-corrected chi connectivity index (χ0v) is 17.3. The Bertz CT molecular complexity index is 906. The maximum atomic E-state index is 12.3. The molecule has 1 fully saturated rings. The van der Waals surface area contributed by atoms with E-state index in [2.05, 4.69) is 4.98 Å². The maximum absolute atomic E-state index is 12.3. The van der Waals surface area contributed by atoms with Crippen molar-refractivity contribution in [1.82, 2.24) is 9.29 Å². The zero-order valence-electron chi connectivity index (χ0n) is 14.9. The Kier molecular flexibility index (Phi) is 6.52. The van der Waals surface area contributed by atoms with Crippen LogP contribution >= 0.6 is 22.9 Å². The molecule has 3 rings (SSSR count). The van der Waals surface area contributed by atoms with Gasteiger partial charge in [-0.3, -0.25) is 4.79 Å². The topological polar surface area (TPSA) is 76.6 Å². The summed E-state index contributed by atoms with van der Waals surface area (Å²) < 4.78 is 30.6. The molecule has 0 saturated carbocycles. The number of halogens is 1. The SMILES string of the molecule is CCS(=O)(=O)N1CCC(C(=O)OCc2csc(-c3ccccc3Cl)n2)CC1. The van der Waals surface area contributed by atoms with Gasteiger partial charge in [-0.2, -0.15) is 0 Å². The highest BCUT2D eigenvalue weighted by Crippen LogP contribution is 2.30. The number of piperidine rings is 1. The molecule has 0 amide bonds. The first-order chi connectivity index (χ1) is 12.9. The van der Waals surface area contributed by atoms with E-state index in [1.165, 1.54) is 15.6 Å². The highest BCUT2D eigenvalue weighted by Gasteiger charge is 2.31. The molecule has 0 spiro atoms. The van der Waals surface area contributed by atoms with Crippen LogP contribution in [0.5, 0.6) is 0 Å². The molecule has 1 aliphatic rings. The number of sulfonamides is 1. The van der Waals surface area contributed by atoms with Crippen molar-refractivity contribution in [2.75, 3.05) is 18.8 Å². The molecule has 27 heavy (non-hydrogen) atoms. The van der Waals surface area contributed by atoms with E-state index in [9.17, 15) is 13.2 Å². The summed E-state index contributed by atoms with van der Waals surface area (Å²) in [5, 5.41) is 3.26. The molecule has 6 nitrogen and oxygen atoms in total. The first-order valence-corrected chi connectivity index (χ1v) is 11.6. The number of nitrogens with zero attached hydrogens (tertiary/aromatic N) is 2. The van der Waals surface area contributed by atoms with Gasteiger partial charge in [0.15, 0.2) is 0 Å². The van der Waals surface area contributed by atoms with Crippen LogP contribution in [0, 0.1) is 5.92 Å². The van der Waals surface area contributed by atoms with Crippen molar-refractivity contribution in [3.05, 3.63) is 40.4 Å². The van der Waals surface area contributed by atoms with Gasteiger partial charge in [0, 0.05) is 24.0 Å². The number of aromatic nitrogens is 1. The molecule has 1 aromatic heterocycles. The van der Waals surface area contributed by atoms with Crippen molar-refractivity contribution >= 4 is 38.9 Å². The molecule has 0 atom stereocenters. The first kappa shape index (κ1) is 20.3. The van der Waals surface area contributed by atoms with E-state index in [1.807, 2.05) is 29.6 Å². The van der Waals surface area contributed by atoms with E-state index < -0.39 is 10.0 Å². The Morgan fingerprint density at radius 3 is 2.70 bits per heavy atom. The van der Waals surface area contributed by atoms with E-state index in [1.54, 1.807) is 6.92 Å². The zero-order chi connectivity index (χ0) is 19.4. The summed E-state index contributed by atoms with van der Waals surface area (Å²) in [5.74, 6) is -0.481. The third kappa shape index (κ3) is 4.87. The summed E-state index contributed by atoms with van der Waals surface area (Å²) in [5.41, 5.74) is 1.53. The van der Waals surface area contributed by atoms with Crippen LogP contribution in [0.15, 0.2) is 29.6 Å². The fraction of sp³-hybridized carbons (Fsp3) is 0.444. The number of ether oxygens (including phenoxy) is 1. The Morgan fingerprint density at radius 2 is 2.04 bits per heavy atom. The summed E-state index contributed by atoms with van der Waals surface area (Å²) in [6.45, 7) is 2.46. The van der Waals surface area contributed by atoms with Gasteiger partial charge in [-0.15, -0.1) is 11.3 Å². The molecule has 0 N–H and O–H groups in total. The van der Waals surface area contributed by atoms with Crippen LogP contribution in [-0.4, -0.2) is 42.5 Å². The standard InChI is InChI=1S/C18H21ClN2O4S2/c1-2-27(23,24)21-9-7-13(8-10-21)18(22)25-11-14-12-26-17(20-14)15-5-3-4-6-16(15)19/h3-6,12-13H,2,7-11H2,1H3. The fourth-order valence-electron chi connectivity index (χ4n) is 2.95. The minimum atomic E-state index is -3.19. The lowest BCUT2D eigenvalue weighted by molar-refractivity contribution is -0.151. The minimum absolute atomic E-state index is 0.0830. The smallest absolute Gasteiger partial charge is 0.309 e. The second-order valence-corrected chi connectivity index (χ2v) is 9.83. The lowest BCUT2D eigenvalue weighted by Gasteiger charge is -2.29. The molecule has 2 aromatic rings. The number of carbonyl (C=O) groups is 1. The van der Waals surface area contributed by atoms with Crippen molar-refractivity contribution in [3.63, 3.8) is 0 Å². The Labute approximate surface area is 168 Å². The monoisotopic (exact) mass is 428 g/mol. The number of esters is 1. The maximum Gasteiger partial charge on any atom is 0.309 e. The highest BCUT2D eigenvalue weighted by molar-refractivity contribution is 7.89. The van der Waals surface area contributed by atoms with Crippen LogP contribution in [0.3, 0.4) is 0 Å².